The molecule has 0 aliphatic rings. The van der Waals surface area contributed by atoms with Crippen molar-refractivity contribution in [2.24, 2.45) is 0 Å². The van der Waals surface area contributed by atoms with Crippen LogP contribution in [0, 0.1) is 6.92 Å². The van der Waals surface area contributed by atoms with Gasteiger partial charge in [-0.1, -0.05) is 36.4 Å². The molecule has 9 heteroatoms. The lowest BCUT2D eigenvalue weighted by molar-refractivity contribution is -0.116. The summed E-state index contributed by atoms with van der Waals surface area (Å²) < 4.78 is 44.5. The van der Waals surface area contributed by atoms with Gasteiger partial charge in [0.2, 0.25) is 15.9 Å². The number of carbonyl (C=O) groups is 1. The molecular weight excluding hydrogens is 468 g/mol. The first kappa shape index (κ1) is 26.1. The van der Waals surface area contributed by atoms with Gasteiger partial charge in [0.25, 0.3) is 0 Å². The van der Waals surface area contributed by atoms with Crippen molar-refractivity contribution in [1.29, 1.82) is 0 Å². The Kier molecular flexibility index (Phi) is 8.73. The second-order valence-corrected chi connectivity index (χ2v) is 9.75. The lowest BCUT2D eigenvalue weighted by atomic mass is 10.1. The SMILES string of the molecule is COc1ccc(OC)c(NC(=O)CN(CCc2ccccc2)S(=O)(=O)c2cc(C)ccc2OC)c1. The van der Waals surface area contributed by atoms with E-state index in [1.165, 1.54) is 25.6 Å². The number of nitrogens with zero attached hydrogens (tertiary/aromatic N) is 1. The summed E-state index contributed by atoms with van der Waals surface area (Å²) in [6.45, 7) is 1.51. The van der Waals surface area contributed by atoms with Gasteiger partial charge in [0.15, 0.2) is 0 Å². The molecule has 0 aromatic heterocycles. The first-order valence-corrected chi connectivity index (χ1v) is 12.4. The van der Waals surface area contributed by atoms with Crippen LogP contribution in [0.1, 0.15) is 11.1 Å². The fourth-order valence-corrected chi connectivity index (χ4v) is 5.21. The van der Waals surface area contributed by atoms with Gasteiger partial charge in [0.05, 0.1) is 33.6 Å². The lowest BCUT2D eigenvalue weighted by Crippen LogP contribution is -2.39. The predicted octanol–water partition coefficient (Wildman–Crippen LogP) is 3.89. The largest absolute Gasteiger partial charge is 0.497 e. The normalized spacial score (nSPS) is 11.2. The molecule has 0 fully saturated rings. The number of hydrogen-bond acceptors (Lipinski definition) is 6. The van der Waals surface area contributed by atoms with Crippen molar-refractivity contribution in [3.8, 4) is 17.2 Å². The Bertz CT molecular complexity index is 1260. The Morgan fingerprint density at radius 2 is 1.57 bits per heavy atom. The van der Waals surface area contributed by atoms with Gasteiger partial charge >= 0.3 is 0 Å². The van der Waals surface area contributed by atoms with Gasteiger partial charge in [-0.3, -0.25) is 4.79 Å². The molecule has 3 aromatic rings. The zero-order valence-electron chi connectivity index (χ0n) is 20.3. The van der Waals surface area contributed by atoms with Gasteiger partial charge < -0.3 is 19.5 Å². The number of aryl methyl sites for hydroxylation is 1. The third-order valence-corrected chi connectivity index (χ3v) is 7.30. The van der Waals surface area contributed by atoms with E-state index in [1.807, 2.05) is 30.3 Å². The molecule has 0 saturated carbocycles. The maximum absolute atomic E-state index is 13.7. The molecule has 3 rings (SSSR count). The quantitative estimate of drug-likeness (QED) is 0.431. The fraction of sp³-hybridized carbons (Fsp3) is 0.269. The predicted molar refractivity (Wildman–Crippen MR) is 135 cm³/mol. The number of sulfonamides is 1. The van der Waals surface area contributed by atoms with Crippen molar-refractivity contribution in [2.45, 2.75) is 18.2 Å². The minimum atomic E-state index is -4.06. The number of nitrogens with one attached hydrogen (secondary N) is 1. The number of hydrogen-bond donors (Lipinski definition) is 1. The summed E-state index contributed by atoms with van der Waals surface area (Å²) in [4.78, 5) is 13.1. The zero-order chi connectivity index (χ0) is 25.4. The van der Waals surface area contributed by atoms with Crippen molar-refractivity contribution in [2.75, 3.05) is 39.7 Å². The van der Waals surface area contributed by atoms with E-state index >= 15 is 0 Å². The topological polar surface area (TPSA) is 94.2 Å². The van der Waals surface area contributed by atoms with Gasteiger partial charge in [0, 0.05) is 12.6 Å². The Labute approximate surface area is 206 Å². The Hall–Kier alpha value is -3.56. The van der Waals surface area contributed by atoms with E-state index in [0.717, 1.165) is 11.1 Å². The van der Waals surface area contributed by atoms with E-state index in [4.69, 9.17) is 14.2 Å². The monoisotopic (exact) mass is 498 g/mol. The van der Waals surface area contributed by atoms with Crippen LogP contribution in [0.3, 0.4) is 0 Å². The summed E-state index contributed by atoms with van der Waals surface area (Å²) in [6.07, 6.45) is 0.434. The molecular formula is C26H30N2O6S. The maximum atomic E-state index is 13.7. The minimum absolute atomic E-state index is 0.0137. The zero-order valence-corrected chi connectivity index (χ0v) is 21.1. The lowest BCUT2D eigenvalue weighted by Gasteiger charge is -2.23. The third kappa shape index (κ3) is 6.52. The van der Waals surface area contributed by atoms with Crippen LogP contribution in [0.5, 0.6) is 17.2 Å². The van der Waals surface area contributed by atoms with E-state index in [1.54, 1.807) is 43.3 Å². The summed E-state index contributed by atoms with van der Waals surface area (Å²) in [5, 5.41) is 2.75. The minimum Gasteiger partial charge on any atom is -0.497 e. The van der Waals surface area contributed by atoms with Crippen LogP contribution in [0.15, 0.2) is 71.6 Å². The number of methoxy groups -OCH3 is 3. The smallest absolute Gasteiger partial charge is 0.247 e. The summed E-state index contributed by atoms with van der Waals surface area (Å²) in [5.41, 5.74) is 2.10. The average molecular weight is 499 g/mol. The van der Waals surface area contributed by atoms with Gasteiger partial charge in [0.1, 0.15) is 22.1 Å². The molecule has 0 aliphatic carbocycles. The molecule has 0 radical (unpaired) electrons. The van der Waals surface area contributed by atoms with Crippen LogP contribution in [-0.2, 0) is 21.2 Å². The number of ether oxygens (including phenoxy) is 3. The molecule has 0 aliphatic heterocycles. The standard InChI is InChI=1S/C26H30N2O6S/c1-19-10-12-24(34-4)25(16-19)35(30,31)28(15-14-20-8-6-5-7-9-20)18-26(29)27-22-17-21(32-2)11-13-23(22)33-3/h5-13,16-17H,14-15,18H2,1-4H3,(H,27,29). The van der Waals surface area contributed by atoms with Crippen molar-refractivity contribution in [3.05, 3.63) is 77.9 Å². The molecule has 0 bridgehead atoms. The third-order valence-electron chi connectivity index (χ3n) is 5.43. The molecule has 3 aromatic carbocycles. The molecule has 0 heterocycles. The number of carbonyl (C=O) groups excluding carboxylic acids is 1. The van der Waals surface area contributed by atoms with Crippen molar-refractivity contribution >= 4 is 21.6 Å². The van der Waals surface area contributed by atoms with Crippen LogP contribution < -0.4 is 19.5 Å². The van der Waals surface area contributed by atoms with Crippen LogP contribution in [0.25, 0.3) is 0 Å². The molecule has 0 unspecified atom stereocenters. The number of anilines is 1. The molecule has 0 atom stereocenters. The van der Waals surface area contributed by atoms with E-state index in [0.29, 0.717) is 23.6 Å². The van der Waals surface area contributed by atoms with E-state index in [9.17, 15) is 13.2 Å². The molecule has 0 spiro atoms. The van der Waals surface area contributed by atoms with Gasteiger partial charge in [-0.05, 0) is 48.7 Å². The molecule has 1 amide bonds. The Balaban J connectivity index is 1.91. The van der Waals surface area contributed by atoms with Crippen molar-refractivity contribution < 1.29 is 27.4 Å². The van der Waals surface area contributed by atoms with Crippen molar-refractivity contribution in [3.63, 3.8) is 0 Å². The summed E-state index contributed by atoms with van der Waals surface area (Å²) in [5.74, 6) is 0.660. The summed E-state index contributed by atoms with van der Waals surface area (Å²) in [6, 6.07) is 19.4. The first-order valence-electron chi connectivity index (χ1n) is 11.0. The van der Waals surface area contributed by atoms with E-state index in [-0.39, 0.29) is 17.2 Å². The first-order chi connectivity index (χ1) is 16.8. The highest BCUT2D eigenvalue weighted by Crippen LogP contribution is 2.30. The molecule has 1 N–H and O–H groups in total. The molecule has 186 valence electrons. The van der Waals surface area contributed by atoms with Crippen LogP contribution in [-0.4, -0.2) is 53.0 Å². The van der Waals surface area contributed by atoms with Crippen LogP contribution in [0.2, 0.25) is 0 Å². The second-order valence-electron chi connectivity index (χ2n) is 7.84. The maximum Gasteiger partial charge on any atom is 0.247 e. The van der Waals surface area contributed by atoms with E-state index in [2.05, 4.69) is 5.32 Å². The number of benzene rings is 3. The number of amides is 1. The highest BCUT2D eigenvalue weighted by molar-refractivity contribution is 7.89. The van der Waals surface area contributed by atoms with Crippen LogP contribution in [0.4, 0.5) is 5.69 Å². The average Bonchev–Trinajstić information content (AvgIpc) is 2.86. The van der Waals surface area contributed by atoms with Gasteiger partial charge in [-0.25, -0.2) is 8.42 Å². The molecule has 0 saturated heterocycles. The highest BCUT2D eigenvalue weighted by Gasteiger charge is 2.30. The van der Waals surface area contributed by atoms with Gasteiger partial charge in [-0.2, -0.15) is 4.31 Å². The highest BCUT2D eigenvalue weighted by atomic mass is 32.2. The summed E-state index contributed by atoms with van der Waals surface area (Å²) >= 11 is 0. The van der Waals surface area contributed by atoms with Crippen LogP contribution >= 0.6 is 0 Å². The van der Waals surface area contributed by atoms with E-state index < -0.39 is 22.5 Å². The Morgan fingerprint density at radius 3 is 2.23 bits per heavy atom. The second kappa shape index (κ2) is 11.7. The molecule has 35 heavy (non-hydrogen) atoms. The number of rotatable bonds is 11. The fourth-order valence-electron chi connectivity index (χ4n) is 3.57. The Morgan fingerprint density at radius 1 is 0.886 bits per heavy atom. The van der Waals surface area contributed by atoms with Crippen molar-refractivity contribution in [1.82, 2.24) is 4.31 Å². The summed E-state index contributed by atoms with van der Waals surface area (Å²) in [7, 11) is 0.354. The molecule has 8 nitrogen and oxygen atoms in total. The van der Waals surface area contributed by atoms with Gasteiger partial charge in [-0.15, -0.1) is 0 Å².